The van der Waals surface area contributed by atoms with Crippen LogP contribution in [0.5, 0.6) is 17.2 Å². The van der Waals surface area contributed by atoms with Crippen LogP contribution in [0.1, 0.15) is 5.56 Å². The molecular formula is C15H16N2O6. The fourth-order valence-corrected chi connectivity index (χ4v) is 2.07. The molecule has 122 valence electrons. The fraction of sp³-hybridized carbons (Fsp3) is 0.267. The van der Waals surface area contributed by atoms with E-state index >= 15 is 0 Å². The summed E-state index contributed by atoms with van der Waals surface area (Å²) < 4.78 is 15.6. The number of imide groups is 2. The van der Waals surface area contributed by atoms with Gasteiger partial charge in [0.2, 0.25) is 0 Å². The lowest BCUT2D eigenvalue weighted by atomic mass is 10.1. The second kappa shape index (κ2) is 6.39. The van der Waals surface area contributed by atoms with Crippen LogP contribution in [0.15, 0.2) is 17.7 Å². The average Bonchev–Trinajstić information content (AvgIpc) is 2.55. The van der Waals surface area contributed by atoms with E-state index in [1.54, 1.807) is 12.1 Å². The number of benzene rings is 1. The molecule has 0 unspecified atom stereocenters. The second-order valence-corrected chi connectivity index (χ2v) is 4.63. The number of carbonyl (C=O) groups is 3. The van der Waals surface area contributed by atoms with Crippen LogP contribution in [0.4, 0.5) is 4.79 Å². The largest absolute Gasteiger partial charge is 0.496 e. The summed E-state index contributed by atoms with van der Waals surface area (Å²) in [7, 11) is 5.67. The molecule has 8 heteroatoms. The molecule has 0 spiro atoms. The van der Waals surface area contributed by atoms with E-state index in [0.717, 1.165) is 4.90 Å². The molecule has 0 aromatic heterocycles. The highest BCUT2D eigenvalue weighted by Crippen LogP contribution is 2.35. The Balaban J connectivity index is 2.55. The number of nitrogens with zero attached hydrogens (tertiary/aromatic N) is 1. The maximum absolute atomic E-state index is 12.1. The summed E-state index contributed by atoms with van der Waals surface area (Å²) in [6.07, 6.45) is 1.33. The Labute approximate surface area is 132 Å². The minimum absolute atomic E-state index is 0.183. The van der Waals surface area contributed by atoms with E-state index in [-0.39, 0.29) is 5.57 Å². The van der Waals surface area contributed by atoms with Crippen molar-refractivity contribution in [3.63, 3.8) is 0 Å². The molecule has 1 aliphatic rings. The number of methoxy groups -OCH3 is 3. The van der Waals surface area contributed by atoms with Gasteiger partial charge in [-0.05, 0) is 12.1 Å². The van der Waals surface area contributed by atoms with Gasteiger partial charge < -0.3 is 14.2 Å². The molecule has 1 aliphatic heterocycles. The van der Waals surface area contributed by atoms with Crippen molar-refractivity contribution >= 4 is 23.9 Å². The molecule has 0 aliphatic carbocycles. The van der Waals surface area contributed by atoms with Gasteiger partial charge in [0.05, 0.1) is 21.3 Å². The minimum atomic E-state index is -0.769. The van der Waals surface area contributed by atoms with Crippen LogP contribution < -0.4 is 19.5 Å². The van der Waals surface area contributed by atoms with E-state index in [1.165, 1.54) is 34.5 Å². The van der Waals surface area contributed by atoms with Crippen LogP contribution in [-0.4, -0.2) is 51.1 Å². The second-order valence-electron chi connectivity index (χ2n) is 4.63. The first-order valence-electron chi connectivity index (χ1n) is 6.58. The Bertz CT molecular complexity index is 710. The molecule has 8 nitrogen and oxygen atoms in total. The van der Waals surface area contributed by atoms with Crippen LogP contribution >= 0.6 is 0 Å². The van der Waals surface area contributed by atoms with E-state index in [2.05, 4.69) is 5.32 Å². The lowest BCUT2D eigenvalue weighted by molar-refractivity contribution is -0.129. The molecule has 1 fully saturated rings. The molecule has 1 N–H and O–H groups in total. The molecule has 1 saturated heterocycles. The first kappa shape index (κ1) is 16.3. The van der Waals surface area contributed by atoms with Gasteiger partial charge in [-0.15, -0.1) is 0 Å². The quantitative estimate of drug-likeness (QED) is 0.651. The van der Waals surface area contributed by atoms with Crippen LogP contribution in [0.3, 0.4) is 0 Å². The predicted octanol–water partition coefficient (Wildman–Crippen LogP) is 0.804. The maximum atomic E-state index is 12.1. The Morgan fingerprint density at radius 2 is 1.52 bits per heavy atom. The number of amides is 4. The van der Waals surface area contributed by atoms with Crippen molar-refractivity contribution in [1.82, 2.24) is 10.2 Å². The summed E-state index contributed by atoms with van der Waals surface area (Å²) in [6.45, 7) is 0. The third-order valence-electron chi connectivity index (χ3n) is 3.34. The van der Waals surface area contributed by atoms with E-state index in [9.17, 15) is 14.4 Å². The molecule has 0 radical (unpaired) electrons. The highest BCUT2D eigenvalue weighted by molar-refractivity contribution is 6.30. The molecule has 1 aromatic carbocycles. The third-order valence-corrected chi connectivity index (χ3v) is 3.34. The van der Waals surface area contributed by atoms with Gasteiger partial charge in [-0.3, -0.25) is 19.8 Å². The molecule has 23 heavy (non-hydrogen) atoms. The zero-order valence-corrected chi connectivity index (χ0v) is 13.1. The topological polar surface area (TPSA) is 94.2 Å². The van der Waals surface area contributed by atoms with E-state index < -0.39 is 17.8 Å². The van der Waals surface area contributed by atoms with Crippen molar-refractivity contribution in [2.24, 2.45) is 0 Å². The Kier molecular flexibility index (Phi) is 4.54. The van der Waals surface area contributed by atoms with Gasteiger partial charge in [0.1, 0.15) is 11.3 Å². The van der Waals surface area contributed by atoms with Crippen molar-refractivity contribution in [1.29, 1.82) is 0 Å². The van der Waals surface area contributed by atoms with Gasteiger partial charge in [0, 0.05) is 18.7 Å². The molecule has 1 aromatic rings. The number of hydrogen-bond donors (Lipinski definition) is 1. The summed E-state index contributed by atoms with van der Waals surface area (Å²) in [5, 5.41) is 2.08. The average molecular weight is 320 g/mol. The van der Waals surface area contributed by atoms with Crippen molar-refractivity contribution in [3.8, 4) is 17.2 Å². The number of likely N-dealkylation sites (N-methyl/N-ethyl adjacent to an activating group) is 1. The molecule has 2 rings (SSSR count). The van der Waals surface area contributed by atoms with Gasteiger partial charge in [0.15, 0.2) is 11.5 Å². The lowest BCUT2D eigenvalue weighted by Crippen LogP contribution is -2.52. The first-order chi connectivity index (χ1) is 10.9. The normalized spacial score (nSPS) is 16.4. The summed E-state index contributed by atoms with van der Waals surface area (Å²) in [6, 6.07) is 2.38. The summed E-state index contributed by atoms with van der Waals surface area (Å²) in [5.41, 5.74) is 0.254. The molecule has 1 heterocycles. The molecule has 0 saturated carbocycles. The van der Waals surface area contributed by atoms with Crippen molar-refractivity contribution in [2.75, 3.05) is 28.4 Å². The number of rotatable bonds is 4. The fourth-order valence-electron chi connectivity index (χ4n) is 2.07. The molecular weight excluding hydrogens is 304 g/mol. The number of hydrogen-bond acceptors (Lipinski definition) is 6. The Hall–Kier alpha value is -3.03. The van der Waals surface area contributed by atoms with Crippen LogP contribution in [0.25, 0.3) is 6.08 Å². The minimum Gasteiger partial charge on any atom is -0.496 e. The van der Waals surface area contributed by atoms with Gasteiger partial charge in [-0.1, -0.05) is 0 Å². The summed E-state index contributed by atoms with van der Waals surface area (Å²) in [5.74, 6) is -0.229. The van der Waals surface area contributed by atoms with Crippen molar-refractivity contribution < 1.29 is 28.6 Å². The number of urea groups is 1. The van der Waals surface area contributed by atoms with E-state index in [1.807, 2.05) is 0 Å². The standard InChI is InChI=1S/C15H16N2O6/c1-17-14(19)9(13(18)16-15(17)20)5-8-6-11(22-3)12(23-4)7-10(8)21-2/h5-7H,1-4H3,(H,16,18,20)/b9-5+. The van der Waals surface area contributed by atoms with Crippen molar-refractivity contribution in [2.45, 2.75) is 0 Å². The van der Waals surface area contributed by atoms with Crippen LogP contribution in [0.2, 0.25) is 0 Å². The lowest BCUT2D eigenvalue weighted by Gasteiger charge is -2.22. The number of carbonyl (C=O) groups excluding carboxylic acids is 3. The summed E-state index contributed by atoms with van der Waals surface area (Å²) in [4.78, 5) is 36.2. The summed E-state index contributed by atoms with van der Waals surface area (Å²) >= 11 is 0. The monoisotopic (exact) mass is 320 g/mol. The highest BCUT2D eigenvalue weighted by atomic mass is 16.5. The van der Waals surface area contributed by atoms with E-state index in [4.69, 9.17) is 14.2 Å². The van der Waals surface area contributed by atoms with Gasteiger partial charge >= 0.3 is 6.03 Å². The zero-order chi connectivity index (χ0) is 17.1. The predicted molar refractivity (Wildman–Crippen MR) is 80.4 cm³/mol. The number of barbiturate groups is 1. The molecule has 0 atom stereocenters. The van der Waals surface area contributed by atoms with Crippen molar-refractivity contribution in [3.05, 3.63) is 23.3 Å². The van der Waals surface area contributed by atoms with Gasteiger partial charge in [-0.2, -0.15) is 0 Å². The maximum Gasteiger partial charge on any atom is 0.331 e. The Morgan fingerprint density at radius 3 is 2.09 bits per heavy atom. The highest BCUT2D eigenvalue weighted by Gasteiger charge is 2.33. The van der Waals surface area contributed by atoms with Gasteiger partial charge in [-0.25, -0.2) is 4.79 Å². The van der Waals surface area contributed by atoms with Gasteiger partial charge in [0.25, 0.3) is 11.8 Å². The molecule has 4 amide bonds. The smallest absolute Gasteiger partial charge is 0.331 e. The van der Waals surface area contributed by atoms with Crippen LogP contribution in [0, 0.1) is 0 Å². The number of ether oxygens (including phenoxy) is 3. The molecule has 0 bridgehead atoms. The zero-order valence-electron chi connectivity index (χ0n) is 13.1. The third kappa shape index (κ3) is 2.96. The number of nitrogens with one attached hydrogen (secondary N) is 1. The van der Waals surface area contributed by atoms with E-state index in [0.29, 0.717) is 22.8 Å². The SMILES string of the molecule is COc1cc(OC)c(OC)cc1/C=C1\C(=O)NC(=O)N(C)C1=O. The first-order valence-corrected chi connectivity index (χ1v) is 6.58. The van der Waals surface area contributed by atoms with Crippen LogP contribution in [-0.2, 0) is 9.59 Å². The Morgan fingerprint density at radius 1 is 0.957 bits per heavy atom.